The van der Waals surface area contributed by atoms with Gasteiger partial charge in [0.15, 0.2) is 0 Å². The summed E-state index contributed by atoms with van der Waals surface area (Å²) in [5.41, 5.74) is 2.59. The molecule has 2 heteroatoms. The van der Waals surface area contributed by atoms with E-state index in [2.05, 4.69) is 0 Å². The zero-order chi connectivity index (χ0) is 12.2. The highest BCUT2D eigenvalue weighted by molar-refractivity contribution is 5.80. The second kappa shape index (κ2) is 5.08. The Hall–Kier alpha value is -1.41. The van der Waals surface area contributed by atoms with E-state index in [4.69, 9.17) is 4.74 Å². The number of carbonyl (C=O) groups is 1. The third-order valence-electron chi connectivity index (χ3n) is 2.70. The van der Waals surface area contributed by atoms with Gasteiger partial charge in [0.25, 0.3) is 0 Å². The highest BCUT2D eigenvalue weighted by Gasteiger charge is 2.18. The van der Waals surface area contributed by atoms with Gasteiger partial charge in [0.1, 0.15) is 6.29 Å². The second-order valence-electron chi connectivity index (χ2n) is 4.34. The number of methoxy groups -OCH3 is 1. The van der Waals surface area contributed by atoms with Gasteiger partial charge in [-0.15, -0.1) is 0 Å². The molecule has 0 fully saturated rings. The van der Waals surface area contributed by atoms with E-state index in [1.807, 2.05) is 44.2 Å². The van der Waals surface area contributed by atoms with Gasteiger partial charge in [0.2, 0.25) is 0 Å². The smallest absolute Gasteiger partial charge is 0.145 e. The van der Waals surface area contributed by atoms with Crippen LogP contribution in [0.5, 0.6) is 0 Å². The van der Waals surface area contributed by atoms with Crippen molar-refractivity contribution in [3.8, 4) is 0 Å². The van der Waals surface area contributed by atoms with Gasteiger partial charge in [-0.3, -0.25) is 4.79 Å². The molecule has 2 nitrogen and oxygen atoms in total. The molecule has 0 bridgehead atoms. The van der Waals surface area contributed by atoms with Crippen molar-refractivity contribution in [3.05, 3.63) is 41.0 Å². The quantitative estimate of drug-likeness (QED) is 0.573. The van der Waals surface area contributed by atoms with Crippen molar-refractivity contribution >= 4 is 12.4 Å². The van der Waals surface area contributed by atoms with Gasteiger partial charge >= 0.3 is 0 Å². The van der Waals surface area contributed by atoms with Gasteiger partial charge in [0, 0.05) is 7.11 Å². The second-order valence-corrected chi connectivity index (χ2v) is 4.34. The van der Waals surface area contributed by atoms with Crippen molar-refractivity contribution in [2.45, 2.75) is 26.4 Å². The van der Waals surface area contributed by atoms with E-state index in [1.54, 1.807) is 14.0 Å². The van der Waals surface area contributed by atoms with E-state index in [0.717, 1.165) is 23.0 Å². The van der Waals surface area contributed by atoms with E-state index >= 15 is 0 Å². The normalized spacial score (nSPS) is 12.6. The Bertz CT molecular complexity index is 386. The van der Waals surface area contributed by atoms with Crippen LogP contribution in [0.25, 0.3) is 6.08 Å². The maximum atomic E-state index is 10.5. The van der Waals surface area contributed by atoms with Gasteiger partial charge in [-0.2, -0.15) is 0 Å². The molecule has 0 spiro atoms. The van der Waals surface area contributed by atoms with E-state index < -0.39 is 0 Å². The first-order chi connectivity index (χ1) is 7.49. The molecule has 1 aromatic carbocycles. The number of hydrogen-bond acceptors (Lipinski definition) is 2. The van der Waals surface area contributed by atoms with Crippen LogP contribution < -0.4 is 0 Å². The minimum atomic E-state index is -0.276. The highest BCUT2D eigenvalue weighted by atomic mass is 16.5. The molecule has 0 N–H and O–H groups in total. The fourth-order valence-corrected chi connectivity index (χ4v) is 1.40. The predicted octanol–water partition coefficient (Wildman–Crippen LogP) is 3.17. The van der Waals surface area contributed by atoms with Crippen LogP contribution in [0, 0.1) is 0 Å². The number of ether oxygens (including phenoxy) is 1. The fourth-order valence-electron chi connectivity index (χ4n) is 1.40. The molecule has 86 valence electrons. The van der Waals surface area contributed by atoms with Crippen molar-refractivity contribution in [1.29, 1.82) is 0 Å². The van der Waals surface area contributed by atoms with Crippen molar-refractivity contribution in [1.82, 2.24) is 0 Å². The third-order valence-corrected chi connectivity index (χ3v) is 2.70. The van der Waals surface area contributed by atoms with E-state index in [-0.39, 0.29) is 5.60 Å². The standard InChI is InChI=1S/C14H18O2/c1-11(10-15)9-12-5-7-13(8-6-12)14(2,3)16-4/h5-10H,1-4H3. The van der Waals surface area contributed by atoms with Crippen LogP contribution >= 0.6 is 0 Å². The lowest BCUT2D eigenvalue weighted by molar-refractivity contribution is -0.104. The molecular weight excluding hydrogens is 200 g/mol. The Labute approximate surface area is 96.9 Å². The summed E-state index contributed by atoms with van der Waals surface area (Å²) in [6.07, 6.45) is 2.71. The monoisotopic (exact) mass is 218 g/mol. The highest BCUT2D eigenvalue weighted by Crippen LogP contribution is 2.24. The van der Waals surface area contributed by atoms with Gasteiger partial charge in [-0.05, 0) is 43.5 Å². The first-order valence-electron chi connectivity index (χ1n) is 5.29. The number of aldehydes is 1. The van der Waals surface area contributed by atoms with Crippen LogP contribution in [0.3, 0.4) is 0 Å². The number of hydrogen-bond donors (Lipinski definition) is 0. The molecule has 0 atom stereocenters. The van der Waals surface area contributed by atoms with Crippen molar-refractivity contribution in [2.75, 3.05) is 7.11 Å². The summed E-state index contributed by atoms with van der Waals surface area (Å²) in [7, 11) is 1.70. The molecule has 0 radical (unpaired) electrons. The molecule has 16 heavy (non-hydrogen) atoms. The maximum Gasteiger partial charge on any atom is 0.145 e. The third kappa shape index (κ3) is 3.04. The van der Waals surface area contributed by atoms with Gasteiger partial charge in [0.05, 0.1) is 5.60 Å². The molecule has 0 aliphatic rings. The maximum absolute atomic E-state index is 10.5. The summed E-state index contributed by atoms with van der Waals surface area (Å²) in [4.78, 5) is 10.5. The average molecular weight is 218 g/mol. The Morgan fingerprint density at radius 3 is 2.25 bits per heavy atom. The van der Waals surface area contributed by atoms with E-state index in [1.165, 1.54) is 0 Å². The summed E-state index contributed by atoms with van der Waals surface area (Å²) in [5.74, 6) is 0. The number of carbonyl (C=O) groups excluding carboxylic acids is 1. The first kappa shape index (κ1) is 12.7. The van der Waals surface area contributed by atoms with Gasteiger partial charge in [-0.1, -0.05) is 24.3 Å². The SMILES string of the molecule is COC(C)(C)c1ccc(C=C(C)C=O)cc1. The lowest BCUT2D eigenvalue weighted by Gasteiger charge is -2.23. The molecule has 0 saturated heterocycles. The molecule has 1 aromatic rings. The molecule has 0 heterocycles. The molecular formula is C14H18O2. The van der Waals surface area contributed by atoms with Crippen molar-refractivity contribution in [3.63, 3.8) is 0 Å². The topological polar surface area (TPSA) is 26.3 Å². The summed E-state index contributed by atoms with van der Waals surface area (Å²) in [6.45, 7) is 5.84. The Morgan fingerprint density at radius 1 is 1.25 bits per heavy atom. The molecule has 0 aliphatic heterocycles. The number of rotatable bonds is 4. The lowest BCUT2D eigenvalue weighted by Crippen LogP contribution is -2.19. The fraction of sp³-hybridized carbons (Fsp3) is 0.357. The summed E-state index contributed by atoms with van der Waals surface area (Å²) < 4.78 is 5.39. The van der Waals surface area contributed by atoms with Crippen LogP contribution in [0.15, 0.2) is 29.8 Å². The van der Waals surface area contributed by atoms with Gasteiger partial charge in [-0.25, -0.2) is 0 Å². The zero-order valence-corrected chi connectivity index (χ0v) is 10.3. The summed E-state index contributed by atoms with van der Waals surface area (Å²) >= 11 is 0. The number of benzene rings is 1. The van der Waals surface area contributed by atoms with Crippen molar-refractivity contribution < 1.29 is 9.53 Å². The number of allylic oxidation sites excluding steroid dienone is 1. The van der Waals surface area contributed by atoms with Crippen molar-refractivity contribution in [2.24, 2.45) is 0 Å². The molecule has 0 saturated carbocycles. The Kier molecular flexibility index (Phi) is 4.02. The predicted molar refractivity (Wildman–Crippen MR) is 66.2 cm³/mol. The molecule has 0 amide bonds. The average Bonchev–Trinajstić information content (AvgIpc) is 2.29. The van der Waals surface area contributed by atoms with Gasteiger partial charge < -0.3 is 4.74 Å². The Morgan fingerprint density at radius 2 is 1.81 bits per heavy atom. The van der Waals surface area contributed by atoms with E-state index in [9.17, 15) is 4.79 Å². The minimum Gasteiger partial charge on any atom is -0.374 e. The zero-order valence-electron chi connectivity index (χ0n) is 10.3. The first-order valence-corrected chi connectivity index (χ1v) is 5.29. The molecule has 1 rings (SSSR count). The largest absolute Gasteiger partial charge is 0.374 e. The lowest BCUT2D eigenvalue weighted by atomic mass is 9.96. The van der Waals surface area contributed by atoms with Crippen LogP contribution in [0.4, 0.5) is 0 Å². The molecule has 0 aliphatic carbocycles. The summed E-state index contributed by atoms with van der Waals surface area (Å²) in [5, 5.41) is 0. The van der Waals surface area contributed by atoms with Crippen LogP contribution in [0.2, 0.25) is 0 Å². The van der Waals surface area contributed by atoms with E-state index in [0.29, 0.717) is 0 Å². The minimum absolute atomic E-state index is 0.276. The van der Waals surface area contributed by atoms with Crippen LogP contribution in [-0.4, -0.2) is 13.4 Å². The summed E-state index contributed by atoms with van der Waals surface area (Å²) in [6, 6.07) is 8.02. The molecule has 0 unspecified atom stereocenters. The van der Waals surface area contributed by atoms with Crippen LogP contribution in [0.1, 0.15) is 31.9 Å². The molecule has 0 aromatic heterocycles. The van der Waals surface area contributed by atoms with Crippen LogP contribution in [-0.2, 0) is 15.1 Å². The Balaban J connectivity index is 2.96.